The minimum atomic E-state index is -0.0344. The number of aliphatic hydroxyl groups excluding tert-OH is 1. The number of benzene rings is 1. The summed E-state index contributed by atoms with van der Waals surface area (Å²) < 4.78 is 5.40. The first-order valence-corrected chi connectivity index (χ1v) is 6.39. The van der Waals surface area contributed by atoms with E-state index >= 15 is 0 Å². The number of hydrogen-bond acceptors (Lipinski definition) is 4. The number of rotatable bonds is 7. The number of ether oxygens (including phenoxy) is 1. The summed E-state index contributed by atoms with van der Waals surface area (Å²) in [6.07, 6.45) is 0. The standard InChI is InChI=1S/C14H24N2O2/c1-4-16(9-10-17)14(11(2)15)12-7-5-6-8-13(12)18-3/h5-8,11,14,17H,4,9-10,15H2,1-3H3. The van der Waals surface area contributed by atoms with Crippen molar-refractivity contribution >= 4 is 0 Å². The summed E-state index contributed by atoms with van der Waals surface area (Å²) in [6, 6.07) is 7.93. The van der Waals surface area contributed by atoms with Crippen molar-refractivity contribution in [3.05, 3.63) is 29.8 Å². The number of hydrogen-bond donors (Lipinski definition) is 2. The van der Waals surface area contributed by atoms with Crippen LogP contribution in [0.2, 0.25) is 0 Å². The fourth-order valence-corrected chi connectivity index (χ4v) is 2.35. The van der Waals surface area contributed by atoms with Gasteiger partial charge in [0.2, 0.25) is 0 Å². The number of para-hydroxylation sites is 1. The molecule has 0 spiro atoms. The lowest BCUT2D eigenvalue weighted by atomic mass is 9.98. The Balaban J connectivity index is 3.10. The molecular formula is C14H24N2O2. The molecule has 0 saturated carbocycles. The van der Waals surface area contributed by atoms with Crippen molar-refractivity contribution in [2.75, 3.05) is 26.8 Å². The fourth-order valence-electron chi connectivity index (χ4n) is 2.35. The molecule has 2 atom stereocenters. The molecule has 1 rings (SSSR count). The van der Waals surface area contributed by atoms with Crippen LogP contribution in [-0.4, -0.2) is 42.9 Å². The molecule has 0 heterocycles. The zero-order valence-corrected chi connectivity index (χ0v) is 11.5. The predicted molar refractivity (Wildman–Crippen MR) is 73.7 cm³/mol. The Labute approximate surface area is 109 Å². The molecule has 0 aliphatic carbocycles. The van der Waals surface area contributed by atoms with Crippen LogP contribution in [0.25, 0.3) is 0 Å². The largest absolute Gasteiger partial charge is 0.496 e. The molecule has 0 saturated heterocycles. The Morgan fingerprint density at radius 1 is 1.39 bits per heavy atom. The van der Waals surface area contributed by atoms with Crippen LogP contribution >= 0.6 is 0 Å². The second-order valence-corrected chi connectivity index (χ2v) is 4.40. The third kappa shape index (κ3) is 3.45. The van der Waals surface area contributed by atoms with Gasteiger partial charge >= 0.3 is 0 Å². The van der Waals surface area contributed by atoms with Gasteiger partial charge in [0.05, 0.1) is 19.8 Å². The van der Waals surface area contributed by atoms with Crippen LogP contribution in [0, 0.1) is 0 Å². The van der Waals surface area contributed by atoms with Gasteiger partial charge in [0, 0.05) is 18.2 Å². The summed E-state index contributed by atoms with van der Waals surface area (Å²) in [6.45, 7) is 5.63. The number of aliphatic hydroxyl groups is 1. The van der Waals surface area contributed by atoms with E-state index < -0.39 is 0 Å². The van der Waals surface area contributed by atoms with Crippen LogP contribution in [0.5, 0.6) is 5.75 Å². The maximum Gasteiger partial charge on any atom is 0.123 e. The highest BCUT2D eigenvalue weighted by atomic mass is 16.5. The van der Waals surface area contributed by atoms with Crippen molar-refractivity contribution < 1.29 is 9.84 Å². The first kappa shape index (κ1) is 15.0. The first-order valence-electron chi connectivity index (χ1n) is 6.39. The lowest BCUT2D eigenvalue weighted by molar-refractivity contribution is 0.141. The van der Waals surface area contributed by atoms with E-state index in [0.29, 0.717) is 6.54 Å². The quantitative estimate of drug-likeness (QED) is 0.770. The van der Waals surface area contributed by atoms with Crippen molar-refractivity contribution in [2.45, 2.75) is 25.9 Å². The topological polar surface area (TPSA) is 58.7 Å². The van der Waals surface area contributed by atoms with E-state index in [1.165, 1.54) is 0 Å². The van der Waals surface area contributed by atoms with Gasteiger partial charge in [-0.15, -0.1) is 0 Å². The highest BCUT2D eigenvalue weighted by Crippen LogP contribution is 2.30. The van der Waals surface area contributed by atoms with Crippen molar-refractivity contribution in [2.24, 2.45) is 5.73 Å². The Morgan fingerprint density at radius 3 is 2.56 bits per heavy atom. The van der Waals surface area contributed by atoms with E-state index in [0.717, 1.165) is 17.9 Å². The van der Waals surface area contributed by atoms with Crippen LogP contribution in [0.4, 0.5) is 0 Å². The minimum Gasteiger partial charge on any atom is -0.496 e. The monoisotopic (exact) mass is 252 g/mol. The van der Waals surface area contributed by atoms with Gasteiger partial charge in [0.1, 0.15) is 5.75 Å². The zero-order chi connectivity index (χ0) is 13.5. The van der Waals surface area contributed by atoms with Crippen LogP contribution < -0.4 is 10.5 Å². The molecule has 4 heteroatoms. The molecule has 0 fully saturated rings. The van der Waals surface area contributed by atoms with E-state index in [9.17, 15) is 0 Å². The highest BCUT2D eigenvalue weighted by molar-refractivity contribution is 5.36. The lowest BCUT2D eigenvalue weighted by Gasteiger charge is -2.34. The maximum atomic E-state index is 9.16. The van der Waals surface area contributed by atoms with E-state index in [-0.39, 0.29) is 18.7 Å². The summed E-state index contributed by atoms with van der Waals surface area (Å²) >= 11 is 0. The zero-order valence-electron chi connectivity index (χ0n) is 11.5. The molecule has 1 aromatic carbocycles. The molecule has 102 valence electrons. The van der Waals surface area contributed by atoms with Crippen molar-refractivity contribution in [1.82, 2.24) is 4.90 Å². The number of nitrogens with zero attached hydrogens (tertiary/aromatic N) is 1. The molecule has 3 N–H and O–H groups in total. The average molecular weight is 252 g/mol. The SMILES string of the molecule is CCN(CCO)C(c1ccccc1OC)C(C)N. The Kier molecular flexibility index (Phi) is 6.12. The molecule has 4 nitrogen and oxygen atoms in total. The van der Waals surface area contributed by atoms with Gasteiger partial charge in [-0.25, -0.2) is 0 Å². The van der Waals surface area contributed by atoms with Crippen molar-refractivity contribution in [3.63, 3.8) is 0 Å². The number of nitrogens with two attached hydrogens (primary N) is 1. The van der Waals surface area contributed by atoms with E-state index in [4.69, 9.17) is 15.6 Å². The third-order valence-corrected chi connectivity index (χ3v) is 3.14. The minimum absolute atomic E-state index is 0.0344. The van der Waals surface area contributed by atoms with Gasteiger partial charge in [-0.05, 0) is 19.5 Å². The molecular weight excluding hydrogens is 228 g/mol. The van der Waals surface area contributed by atoms with E-state index in [1.54, 1.807) is 7.11 Å². The third-order valence-electron chi connectivity index (χ3n) is 3.14. The maximum absolute atomic E-state index is 9.16. The molecule has 1 aromatic rings. The van der Waals surface area contributed by atoms with Crippen LogP contribution in [0.3, 0.4) is 0 Å². The highest BCUT2D eigenvalue weighted by Gasteiger charge is 2.25. The van der Waals surface area contributed by atoms with Crippen LogP contribution in [0.1, 0.15) is 25.5 Å². The summed E-state index contributed by atoms with van der Waals surface area (Å²) in [7, 11) is 1.67. The molecule has 0 bridgehead atoms. The fraction of sp³-hybridized carbons (Fsp3) is 0.571. The smallest absolute Gasteiger partial charge is 0.123 e. The molecule has 2 unspecified atom stereocenters. The molecule has 0 aliphatic heterocycles. The van der Waals surface area contributed by atoms with Crippen LogP contribution in [0.15, 0.2) is 24.3 Å². The second kappa shape index (κ2) is 7.36. The van der Waals surface area contributed by atoms with Crippen molar-refractivity contribution in [3.8, 4) is 5.75 Å². The Bertz CT molecular complexity index is 355. The number of likely N-dealkylation sites (N-methyl/N-ethyl adjacent to an activating group) is 1. The lowest BCUT2D eigenvalue weighted by Crippen LogP contribution is -2.41. The molecule has 0 amide bonds. The normalized spacial score (nSPS) is 14.6. The summed E-state index contributed by atoms with van der Waals surface area (Å²) in [4.78, 5) is 2.17. The van der Waals surface area contributed by atoms with E-state index in [1.807, 2.05) is 31.2 Å². The molecule has 0 aliphatic rings. The Hall–Kier alpha value is -1.10. The summed E-state index contributed by atoms with van der Waals surface area (Å²) in [5.74, 6) is 0.844. The molecule has 0 aromatic heterocycles. The van der Waals surface area contributed by atoms with Gasteiger partial charge in [-0.2, -0.15) is 0 Å². The predicted octanol–water partition coefficient (Wildman–Crippen LogP) is 1.40. The summed E-state index contributed by atoms with van der Waals surface area (Å²) in [5, 5.41) is 9.16. The summed E-state index contributed by atoms with van der Waals surface area (Å²) in [5.41, 5.74) is 7.19. The average Bonchev–Trinajstić information content (AvgIpc) is 2.38. The molecule has 18 heavy (non-hydrogen) atoms. The Morgan fingerprint density at radius 2 is 2.06 bits per heavy atom. The number of methoxy groups -OCH3 is 1. The van der Waals surface area contributed by atoms with Gasteiger partial charge in [-0.1, -0.05) is 25.1 Å². The van der Waals surface area contributed by atoms with E-state index in [2.05, 4.69) is 11.8 Å². The van der Waals surface area contributed by atoms with Gasteiger partial charge in [0.15, 0.2) is 0 Å². The van der Waals surface area contributed by atoms with Gasteiger partial charge < -0.3 is 15.6 Å². The van der Waals surface area contributed by atoms with Gasteiger partial charge in [-0.3, -0.25) is 4.90 Å². The first-order chi connectivity index (χ1) is 8.65. The van der Waals surface area contributed by atoms with Crippen molar-refractivity contribution in [1.29, 1.82) is 0 Å². The van der Waals surface area contributed by atoms with Gasteiger partial charge in [0.25, 0.3) is 0 Å². The second-order valence-electron chi connectivity index (χ2n) is 4.40. The molecule has 0 radical (unpaired) electrons. The van der Waals surface area contributed by atoms with Crippen LogP contribution in [-0.2, 0) is 0 Å².